The highest BCUT2D eigenvalue weighted by atomic mass is 16.5. The third-order valence-corrected chi connectivity index (χ3v) is 1.81. The summed E-state index contributed by atoms with van der Waals surface area (Å²) in [5.74, 6) is 0. The molecule has 10 heavy (non-hydrogen) atoms. The zero-order valence-electron chi connectivity index (χ0n) is 6.12. The highest BCUT2D eigenvalue weighted by Crippen LogP contribution is 2.11. The topological polar surface area (TPSA) is 41.9 Å². The molecule has 4 nitrogen and oxygen atoms in total. The van der Waals surface area contributed by atoms with E-state index in [1.54, 1.807) is 7.11 Å². The van der Waals surface area contributed by atoms with Crippen molar-refractivity contribution in [3.05, 3.63) is 4.91 Å². The summed E-state index contributed by atoms with van der Waals surface area (Å²) in [6.07, 6.45) is 2.25. The number of methoxy groups -OCH3 is 1. The summed E-state index contributed by atoms with van der Waals surface area (Å²) in [5.41, 5.74) is 0. The number of hydrogen-bond acceptors (Lipinski definition) is 3. The molecular formula is C6H12N2O2. The number of hydrogen-bond donors (Lipinski definition) is 0. The van der Waals surface area contributed by atoms with Gasteiger partial charge in [-0.2, -0.15) is 0 Å². The summed E-state index contributed by atoms with van der Waals surface area (Å²) in [6, 6.07) is 0. The Bertz CT molecular complexity index is 118. The van der Waals surface area contributed by atoms with Crippen molar-refractivity contribution >= 4 is 0 Å². The molecule has 1 fully saturated rings. The molecule has 0 aromatic heterocycles. The monoisotopic (exact) mass is 144 g/mol. The molecule has 1 aliphatic heterocycles. The van der Waals surface area contributed by atoms with Crippen LogP contribution in [-0.4, -0.2) is 31.3 Å². The smallest absolute Gasteiger partial charge is 0.0764 e. The van der Waals surface area contributed by atoms with Gasteiger partial charge < -0.3 is 4.74 Å². The van der Waals surface area contributed by atoms with E-state index in [1.807, 2.05) is 0 Å². The van der Waals surface area contributed by atoms with Gasteiger partial charge in [0, 0.05) is 13.7 Å². The highest BCUT2D eigenvalue weighted by molar-refractivity contribution is 4.69. The summed E-state index contributed by atoms with van der Waals surface area (Å²) in [5, 5.41) is 4.36. The van der Waals surface area contributed by atoms with E-state index in [4.69, 9.17) is 4.74 Å². The molecule has 1 aliphatic rings. The standard InChI is InChI=1S/C6H12N2O2/c1-10-6-3-2-4-8(5-6)7-9/h6H,2-5H2,1H3/t6-/m0/s1. The Labute approximate surface area is 60.1 Å². The summed E-state index contributed by atoms with van der Waals surface area (Å²) in [7, 11) is 1.67. The maximum atomic E-state index is 10.0. The number of piperidine rings is 1. The Kier molecular flexibility index (Phi) is 2.62. The Morgan fingerprint density at radius 2 is 2.50 bits per heavy atom. The molecule has 0 saturated carbocycles. The third-order valence-electron chi connectivity index (χ3n) is 1.81. The van der Waals surface area contributed by atoms with Crippen LogP contribution >= 0.6 is 0 Å². The average Bonchev–Trinajstić information content (AvgIpc) is 2.05. The fourth-order valence-electron chi connectivity index (χ4n) is 1.19. The van der Waals surface area contributed by atoms with Crippen molar-refractivity contribution in [2.45, 2.75) is 18.9 Å². The average molecular weight is 144 g/mol. The largest absolute Gasteiger partial charge is 0.380 e. The van der Waals surface area contributed by atoms with Gasteiger partial charge in [-0.25, -0.2) is 0 Å². The van der Waals surface area contributed by atoms with Crippen molar-refractivity contribution in [1.29, 1.82) is 0 Å². The van der Waals surface area contributed by atoms with Crippen LogP contribution in [0.5, 0.6) is 0 Å². The second-order valence-electron chi connectivity index (χ2n) is 2.49. The first-order chi connectivity index (χ1) is 4.86. The van der Waals surface area contributed by atoms with Crippen LogP contribution in [-0.2, 0) is 4.74 Å². The van der Waals surface area contributed by atoms with Gasteiger partial charge >= 0.3 is 0 Å². The molecule has 4 heteroatoms. The normalized spacial score (nSPS) is 26.5. The van der Waals surface area contributed by atoms with Crippen LogP contribution in [0.1, 0.15) is 12.8 Å². The van der Waals surface area contributed by atoms with E-state index in [2.05, 4.69) is 5.29 Å². The van der Waals surface area contributed by atoms with Crippen molar-refractivity contribution in [1.82, 2.24) is 5.01 Å². The Balaban J connectivity index is 2.31. The van der Waals surface area contributed by atoms with Crippen molar-refractivity contribution in [3.8, 4) is 0 Å². The van der Waals surface area contributed by atoms with Gasteiger partial charge in [0.1, 0.15) is 0 Å². The second kappa shape index (κ2) is 3.51. The minimum Gasteiger partial charge on any atom is -0.380 e. The zero-order chi connectivity index (χ0) is 7.40. The summed E-state index contributed by atoms with van der Waals surface area (Å²) >= 11 is 0. The van der Waals surface area contributed by atoms with Gasteiger partial charge in [-0.15, -0.1) is 4.91 Å². The number of rotatable bonds is 2. The predicted octanol–water partition coefficient (Wildman–Crippen LogP) is 0.779. The van der Waals surface area contributed by atoms with Gasteiger partial charge in [-0.05, 0) is 12.8 Å². The van der Waals surface area contributed by atoms with Gasteiger partial charge in [0.15, 0.2) is 0 Å². The van der Waals surface area contributed by atoms with Crippen LogP contribution in [0.2, 0.25) is 0 Å². The lowest BCUT2D eigenvalue weighted by Crippen LogP contribution is -2.35. The molecule has 0 radical (unpaired) electrons. The fraction of sp³-hybridized carbons (Fsp3) is 1.00. The molecular weight excluding hydrogens is 132 g/mol. The van der Waals surface area contributed by atoms with E-state index in [1.165, 1.54) is 5.01 Å². The highest BCUT2D eigenvalue weighted by Gasteiger charge is 2.18. The fourth-order valence-corrected chi connectivity index (χ4v) is 1.19. The molecule has 1 saturated heterocycles. The maximum Gasteiger partial charge on any atom is 0.0764 e. The van der Waals surface area contributed by atoms with Crippen LogP contribution in [0.25, 0.3) is 0 Å². The molecule has 1 atom stereocenters. The first kappa shape index (κ1) is 7.47. The van der Waals surface area contributed by atoms with E-state index < -0.39 is 0 Å². The van der Waals surface area contributed by atoms with Gasteiger partial charge in [-0.1, -0.05) is 0 Å². The summed E-state index contributed by atoms with van der Waals surface area (Å²) < 4.78 is 5.08. The summed E-state index contributed by atoms with van der Waals surface area (Å²) in [6.45, 7) is 1.43. The molecule has 0 unspecified atom stereocenters. The Hall–Kier alpha value is -0.640. The molecule has 1 rings (SSSR count). The van der Waals surface area contributed by atoms with Gasteiger partial charge in [0.25, 0.3) is 0 Å². The van der Waals surface area contributed by atoms with Crippen LogP contribution < -0.4 is 0 Å². The van der Waals surface area contributed by atoms with Crippen LogP contribution in [0.4, 0.5) is 0 Å². The molecule has 0 aromatic carbocycles. The summed E-state index contributed by atoms with van der Waals surface area (Å²) in [4.78, 5) is 10.0. The first-order valence-corrected chi connectivity index (χ1v) is 3.48. The molecule has 0 amide bonds. The minimum atomic E-state index is 0.200. The van der Waals surface area contributed by atoms with Crippen LogP contribution in [0.15, 0.2) is 5.29 Å². The lowest BCUT2D eigenvalue weighted by atomic mass is 10.1. The van der Waals surface area contributed by atoms with Crippen molar-refractivity contribution < 1.29 is 4.74 Å². The van der Waals surface area contributed by atoms with E-state index >= 15 is 0 Å². The zero-order valence-corrected chi connectivity index (χ0v) is 6.12. The molecule has 1 heterocycles. The molecule has 0 aromatic rings. The van der Waals surface area contributed by atoms with Crippen LogP contribution in [0, 0.1) is 4.91 Å². The predicted molar refractivity (Wildman–Crippen MR) is 37.4 cm³/mol. The van der Waals surface area contributed by atoms with Crippen molar-refractivity contribution in [2.24, 2.45) is 5.29 Å². The molecule has 0 bridgehead atoms. The van der Waals surface area contributed by atoms with Crippen LogP contribution in [0.3, 0.4) is 0 Å². The van der Waals surface area contributed by atoms with Gasteiger partial charge in [0.2, 0.25) is 0 Å². The third kappa shape index (κ3) is 1.67. The van der Waals surface area contributed by atoms with Gasteiger partial charge in [0.05, 0.1) is 17.9 Å². The number of nitroso groups, excluding NO2 is 1. The van der Waals surface area contributed by atoms with E-state index in [-0.39, 0.29) is 6.10 Å². The Morgan fingerprint density at radius 3 is 3.10 bits per heavy atom. The van der Waals surface area contributed by atoms with E-state index in [9.17, 15) is 4.91 Å². The van der Waals surface area contributed by atoms with E-state index in [0.29, 0.717) is 6.54 Å². The van der Waals surface area contributed by atoms with Crippen molar-refractivity contribution in [2.75, 3.05) is 20.2 Å². The van der Waals surface area contributed by atoms with E-state index in [0.717, 1.165) is 19.4 Å². The minimum absolute atomic E-state index is 0.200. The lowest BCUT2D eigenvalue weighted by molar-refractivity contribution is 0.0317. The molecule has 58 valence electrons. The molecule has 0 N–H and O–H groups in total. The number of nitrogens with zero attached hydrogens (tertiary/aromatic N) is 2. The number of ether oxygens (including phenoxy) is 1. The Morgan fingerprint density at radius 1 is 1.70 bits per heavy atom. The molecule has 0 spiro atoms. The van der Waals surface area contributed by atoms with Crippen molar-refractivity contribution in [3.63, 3.8) is 0 Å². The first-order valence-electron chi connectivity index (χ1n) is 3.48. The quantitative estimate of drug-likeness (QED) is 0.538. The van der Waals surface area contributed by atoms with Gasteiger partial charge in [-0.3, -0.25) is 5.01 Å². The molecule has 0 aliphatic carbocycles. The second-order valence-corrected chi connectivity index (χ2v) is 2.49. The SMILES string of the molecule is CO[C@H]1CCCN(N=O)C1. The maximum absolute atomic E-state index is 10.0. The lowest BCUT2D eigenvalue weighted by Gasteiger charge is -2.26.